The van der Waals surface area contributed by atoms with E-state index in [1.54, 1.807) is 0 Å². The lowest BCUT2D eigenvalue weighted by molar-refractivity contribution is -0.140. The first kappa shape index (κ1) is 21.9. The second-order valence-corrected chi connectivity index (χ2v) is 9.09. The molecular formula is C18H20F6N2O2S. The van der Waals surface area contributed by atoms with Crippen LogP contribution in [0.1, 0.15) is 18.9 Å². The molecule has 2 unspecified atom stereocenters. The standard InChI is InChI=1S/C18H20F6N2O2S/c1-11-7-12(19)13(8-14(11)29(28)10-18(22,23)24)25-3-5-26(6-4-25)15(27)16(2)9-17(16,20)21/h7-8H,3-6,9-10H2,1-2H3. The van der Waals surface area contributed by atoms with Crippen molar-refractivity contribution in [2.75, 3.05) is 36.8 Å². The Bertz CT molecular complexity index is 851. The summed E-state index contributed by atoms with van der Waals surface area (Å²) in [5.74, 6) is -5.90. The van der Waals surface area contributed by atoms with Crippen molar-refractivity contribution < 1.29 is 35.3 Å². The molecule has 2 atom stereocenters. The van der Waals surface area contributed by atoms with Gasteiger partial charge in [0, 0.05) is 37.5 Å². The molecule has 1 aliphatic heterocycles. The highest BCUT2D eigenvalue weighted by molar-refractivity contribution is 7.85. The summed E-state index contributed by atoms with van der Waals surface area (Å²) in [6, 6.07) is 2.17. The number of hydrogen-bond acceptors (Lipinski definition) is 3. The molecule has 1 aromatic carbocycles. The number of halogens is 6. The summed E-state index contributed by atoms with van der Waals surface area (Å²) in [7, 11) is -2.38. The molecule has 162 valence electrons. The number of carbonyl (C=O) groups is 1. The average molecular weight is 442 g/mol. The second kappa shape index (κ2) is 7.17. The van der Waals surface area contributed by atoms with Crippen molar-refractivity contribution in [3.05, 3.63) is 23.5 Å². The van der Waals surface area contributed by atoms with Crippen molar-refractivity contribution in [2.45, 2.75) is 37.3 Å². The van der Waals surface area contributed by atoms with Crippen molar-refractivity contribution in [1.29, 1.82) is 0 Å². The van der Waals surface area contributed by atoms with Gasteiger partial charge in [0.15, 0.2) is 0 Å². The third-order valence-electron chi connectivity index (χ3n) is 5.42. The van der Waals surface area contributed by atoms with Crippen LogP contribution < -0.4 is 4.90 Å². The van der Waals surface area contributed by atoms with Crippen LogP contribution in [-0.2, 0) is 15.6 Å². The summed E-state index contributed by atoms with van der Waals surface area (Å²) in [5, 5.41) is 0. The van der Waals surface area contributed by atoms with Crippen LogP contribution in [0, 0.1) is 18.2 Å². The minimum absolute atomic E-state index is 0.0174. The van der Waals surface area contributed by atoms with E-state index in [1.807, 2.05) is 0 Å². The van der Waals surface area contributed by atoms with Gasteiger partial charge in [0.05, 0.1) is 16.5 Å². The largest absolute Gasteiger partial charge is 0.400 e. The Balaban J connectivity index is 1.73. The molecule has 1 aliphatic carbocycles. The molecule has 4 nitrogen and oxygen atoms in total. The molecule has 0 aromatic heterocycles. The van der Waals surface area contributed by atoms with Gasteiger partial charge < -0.3 is 9.80 Å². The zero-order valence-electron chi connectivity index (χ0n) is 15.8. The Morgan fingerprint density at radius 2 is 1.72 bits per heavy atom. The highest BCUT2D eigenvalue weighted by atomic mass is 32.2. The third kappa shape index (κ3) is 4.24. The number of alkyl halides is 5. The van der Waals surface area contributed by atoms with E-state index in [1.165, 1.54) is 23.6 Å². The Hall–Kier alpha value is -1.78. The van der Waals surface area contributed by atoms with Gasteiger partial charge in [-0.25, -0.2) is 13.2 Å². The minimum Gasteiger partial charge on any atom is -0.366 e. The van der Waals surface area contributed by atoms with Crippen LogP contribution in [-0.4, -0.2) is 59.0 Å². The highest BCUT2D eigenvalue weighted by Crippen LogP contribution is 2.61. The number of benzene rings is 1. The predicted molar refractivity (Wildman–Crippen MR) is 94.9 cm³/mol. The first-order valence-corrected chi connectivity index (χ1v) is 10.2. The number of rotatable bonds is 4. The van der Waals surface area contributed by atoms with E-state index in [0.29, 0.717) is 0 Å². The first-order valence-electron chi connectivity index (χ1n) is 8.92. The van der Waals surface area contributed by atoms with Crippen LogP contribution in [0.4, 0.5) is 32.0 Å². The molecule has 29 heavy (non-hydrogen) atoms. The molecule has 1 saturated heterocycles. The van der Waals surface area contributed by atoms with Gasteiger partial charge in [0.25, 0.3) is 5.92 Å². The fourth-order valence-corrected chi connectivity index (χ4v) is 4.60. The van der Waals surface area contributed by atoms with Gasteiger partial charge in [0.1, 0.15) is 17.0 Å². The lowest BCUT2D eigenvalue weighted by Gasteiger charge is -2.37. The van der Waals surface area contributed by atoms with Crippen LogP contribution in [0.3, 0.4) is 0 Å². The lowest BCUT2D eigenvalue weighted by Crippen LogP contribution is -2.51. The predicted octanol–water partition coefficient (Wildman–Crippen LogP) is 3.50. The van der Waals surface area contributed by atoms with Crippen molar-refractivity contribution in [2.24, 2.45) is 5.41 Å². The van der Waals surface area contributed by atoms with Crippen molar-refractivity contribution >= 4 is 22.4 Å². The minimum atomic E-state index is -4.63. The van der Waals surface area contributed by atoms with Gasteiger partial charge in [-0.05, 0) is 31.5 Å². The number of carbonyl (C=O) groups excluding carboxylic acids is 1. The molecule has 1 saturated carbocycles. The van der Waals surface area contributed by atoms with E-state index in [2.05, 4.69) is 0 Å². The highest BCUT2D eigenvalue weighted by Gasteiger charge is 2.73. The van der Waals surface area contributed by atoms with E-state index < -0.39 is 52.2 Å². The molecule has 1 aromatic rings. The normalized spacial score (nSPS) is 25.1. The molecule has 2 fully saturated rings. The van der Waals surface area contributed by atoms with Crippen LogP contribution in [0.25, 0.3) is 0 Å². The van der Waals surface area contributed by atoms with Gasteiger partial charge in [0.2, 0.25) is 5.91 Å². The summed E-state index contributed by atoms with van der Waals surface area (Å²) in [6.45, 7) is 3.00. The average Bonchev–Trinajstić information content (AvgIpc) is 3.12. The van der Waals surface area contributed by atoms with Crippen molar-refractivity contribution in [1.82, 2.24) is 4.90 Å². The summed E-state index contributed by atoms with van der Waals surface area (Å²) >= 11 is 0. The summed E-state index contributed by atoms with van der Waals surface area (Å²) in [5.41, 5.74) is -1.57. The molecular weight excluding hydrogens is 422 g/mol. The number of hydrogen-bond donors (Lipinski definition) is 0. The summed E-state index contributed by atoms with van der Waals surface area (Å²) < 4.78 is 91.1. The quantitative estimate of drug-likeness (QED) is 0.671. The molecule has 2 aliphatic rings. The number of piperazine rings is 1. The van der Waals surface area contributed by atoms with E-state index in [0.717, 1.165) is 12.1 Å². The smallest absolute Gasteiger partial charge is 0.366 e. The topological polar surface area (TPSA) is 40.6 Å². The van der Waals surface area contributed by atoms with Crippen LogP contribution in [0.15, 0.2) is 17.0 Å². The first-order chi connectivity index (χ1) is 13.2. The Morgan fingerprint density at radius 3 is 2.21 bits per heavy atom. The maximum absolute atomic E-state index is 14.4. The van der Waals surface area contributed by atoms with Gasteiger partial charge in [-0.15, -0.1) is 0 Å². The monoisotopic (exact) mass is 442 g/mol. The number of nitrogens with zero attached hydrogens (tertiary/aromatic N) is 2. The Morgan fingerprint density at radius 1 is 1.17 bits per heavy atom. The second-order valence-electron chi connectivity index (χ2n) is 7.67. The molecule has 1 amide bonds. The van der Waals surface area contributed by atoms with E-state index >= 15 is 0 Å². The van der Waals surface area contributed by atoms with Crippen molar-refractivity contribution in [3.8, 4) is 0 Å². The summed E-state index contributed by atoms with van der Waals surface area (Å²) in [6.07, 6.45) is -5.13. The van der Waals surface area contributed by atoms with Crippen molar-refractivity contribution in [3.63, 3.8) is 0 Å². The zero-order valence-corrected chi connectivity index (χ0v) is 16.6. The molecule has 11 heteroatoms. The van der Waals surface area contributed by atoms with Crippen LogP contribution in [0.2, 0.25) is 0 Å². The Kier molecular flexibility index (Phi) is 5.42. The molecule has 0 bridgehead atoms. The lowest BCUT2D eigenvalue weighted by atomic mass is 10.1. The zero-order chi connectivity index (χ0) is 21.8. The van der Waals surface area contributed by atoms with Gasteiger partial charge >= 0.3 is 6.18 Å². The van der Waals surface area contributed by atoms with Crippen LogP contribution >= 0.6 is 0 Å². The molecule has 1 heterocycles. The number of amides is 1. The number of aryl methyl sites for hydroxylation is 1. The molecule has 0 radical (unpaired) electrons. The summed E-state index contributed by atoms with van der Waals surface area (Å²) in [4.78, 5) is 15.0. The van der Waals surface area contributed by atoms with Crippen LogP contribution in [0.5, 0.6) is 0 Å². The Labute approximate surface area is 166 Å². The number of anilines is 1. The van der Waals surface area contributed by atoms with Gasteiger partial charge in [-0.3, -0.25) is 9.00 Å². The van der Waals surface area contributed by atoms with E-state index in [-0.39, 0.29) is 42.3 Å². The molecule has 0 N–H and O–H groups in total. The fourth-order valence-electron chi connectivity index (χ4n) is 3.49. The van der Waals surface area contributed by atoms with E-state index in [4.69, 9.17) is 0 Å². The van der Waals surface area contributed by atoms with Gasteiger partial charge in [-0.2, -0.15) is 13.2 Å². The maximum atomic E-state index is 14.4. The van der Waals surface area contributed by atoms with Gasteiger partial charge in [-0.1, -0.05) is 0 Å². The maximum Gasteiger partial charge on any atom is 0.400 e. The molecule has 0 spiro atoms. The van der Waals surface area contributed by atoms with E-state index in [9.17, 15) is 35.3 Å². The molecule has 3 rings (SSSR count). The SMILES string of the molecule is Cc1cc(F)c(N2CCN(C(=O)C3(C)CC3(F)F)CC2)cc1S(=O)CC(F)(F)F. The fraction of sp³-hybridized carbons (Fsp3) is 0.611. The third-order valence-corrected chi connectivity index (χ3v) is 6.94.